The summed E-state index contributed by atoms with van der Waals surface area (Å²) in [5.41, 5.74) is 0. The van der Waals surface area contributed by atoms with Gasteiger partial charge in [0.2, 0.25) is 15.9 Å². The molecule has 3 rings (SSSR count). The molecule has 0 saturated heterocycles. The van der Waals surface area contributed by atoms with Crippen molar-refractivity contribution in [3.63, 3.8) is 0 Å². The number of nitrogens with zero attached hydrogens (tertiary/aromatic N) is 2. The zero-order valence-electron chi connectivity index (χ0n) is 14.8. The molecule has 1 atom stereocenters. The van der Waals surface area contributed by atoms with Gasteiger partial charge in [-0.2, -0.15) is 4.98 Å². The number of rotatable bonds is 8. The number of hydrogen-bond donors (Lipinski definition) is 2. The Morgan fingerprint density at radius 1 is 1.15 bits per heavy atom. The van der Waals surface area contributed by atoms with Crippen LogP contribution in [0.5, 0.6) is 0 Å². The van der Waals surface area contributed by atoms with Gasteiger partial charge in [0, 0.05) is 25.4 Å². The van der Waals surface area contributed by atoms with Crippen LogP contribution < -0.4 is 10.0 Å². The van der Waals surface area contributed by atoms with Crippen molar-refractivity contribution in [3.8, 4) is 0 Å². The smallest absolute Gasteiger partial charge is 0.240 e. The Morgan fingerprint density at radius 3 is 2.69 bits per heavy atom. The summed E-state index contributed by atoms with van der Waals surface area (Å²) in [6, 6.07) is 13.0. The second-order valence-electron chi connectivity index (χ2n) is 6.15. The maximum Gasteiger partial charge on any atom is 0.240 e. The van der Waals surface area contributed by atoms with Gasteiger partial charge in [0.1, 0.15) is 0 Å². The summed E-state index contributed by atoms with van der Waals surface area (Å²) in [7, 11) is -1.72. The quantitative estimate of drug-likeness (QED) is 0.625. The minimum Gasteiger partial charge on any atom is -0.339 e. The topological polar surface area (TPSA) is 97.1 Å². The lowest BCUT2D eigenvalue weighted by Gasteiger charge is -2.07. The summed E-state index contributed by atoms with van der Waals surface area (Å²) < 4.78 is 32.7. The summed E-state index contributed by atoms with van der Waals surface area (Å²) in [4.78, 5) is 4.52. The van der Waals surface area contributed by atoms with Gasteiger partial charge in [-0.15, -0.1) is 0 Å². The van der Waals surface area contributed by atoms with Gasteiger partial charge >= 0.3 is 0 Å². The molecule has 0 bridgehead atoms. The normalized spacial score (nSPS) is 13.2. The molecule has 2 aromatic carbocycles. The molecule has 0 aliphatic heterocycles. The van der Waals surface area contributed by atoms with Crippen LogP contribution >= 0.6 is 0 Å². The van der Waals surface area contributed by atoms with Gasteiger partial charge in [0.25, 0.3) is 0 Å². The van der Waals surface area contributed by atoms with Crippen LogP contribution in [0.2, 0.25) is 0 Å². The maximum absolute atomic E-state index is 12.5. The van der Waals surface area contributed by atoms with Crippen molar-refractivity contribution in [1.29, 1.82) is 0 Å². The Kier molecular flexibility index (Phi) is 5.65. The molecule has 0 spiro atoms. The molecule has 1 unspecified atom stereocenters. The Labute approximate surface area is 152 Å². The van der Waals surface area contributed by atoms with Crippen LogP contribution in [0.15, 0.2) is 51.9 Å². The van der Waals surface area contributed by atoms with Crippen molar-refractivity contribution in [3.05, 3.63) is 54.2 Å². The van der Waals surface area contributed by atoms with Crippen molar-refractivity contribution in [2.75, 3.05) is 13.6 Å². The Morgan fingerprint density at radius 2 is 1.92 bits per heavy atom. The lowest BCUT2D eigenvalue weighted by molar-refractivity contribution is 0.371. The van der Waals surface area contributed by atoms with Crippen LogP contribution in [0, 0.1) is 0 Å². The maximum atomic E-state index is 12.5. The highest BCUT2D eigenvalue weighted by Crippen LogP contribution is 2.18. The van der Waals surface area contributed by atoms with Crippen LogP contribution in [-0.4, -0.2) is 38.2 Å². The minimum atomic E-state index is -3.59. The van der Waals surface area contributed by atoms with E-state index < -0.39 is 10.0 Å². The lowest BCUT2D eigenvalue weighted by atomic mass is 10.1. The van der Waals surface area contributed by atoms with Gasteiger partial charge < -0.3 is 9.84 Å². The number of nitrogens with one attached hydrogen (secondary N) is 2. The zero-order valence-corrected chi connectivity index (χ0v) is 15.6. The van der Waals surface area contributed by atoms with Crippen LogP contribution in [0.3, 0.4) is 0 Å². The summed E-state index contributed by atoms with van der Waals surface area (Å²) in [6.07, 6.45) is 0.997. The van der Waals surface area contributed by atoms with E-state index in [4.69, 9.17) is 4.52 Å². The predicted molar refractivity (Wildman–Crippen MR) is 99.4 cm³/mol. The number of hydrogen-bond acceptors (Lipinski definition) is 6. The average Bonchev–Trinajstić information content (AvgIpc) is 3.08. The van der Waals surface area contributed by atoms with Crippen molar-refractivity contribution in [2.45, 2.75) is 30.7 Å². The number of likely N-dealkylation sites (N-methyl/N-ethyl adjacent to an activating group) is 1. The molecule has 7 nitrogen and oxygen atoms in total. The molecule has 3 aromatic rings. The van der Waals surface area contributed by atoms with E-state index in [1.165, 1.54) is 0 Å². The Balaban J connectivity index is 1.61. The highest BCUT2D eigenvalue weighted by atomic mass is 32.2. The molecule has 138 valence electrons. The first-order chi connectivity index (χ1) is 12.5. The SMILES string of the molecule is CNC(C)Cc1noc(CCNS(=O)(=O)c2ccc3ccccc3c2)n1. The molecule has 0 amide bonds. The van der Waals surface area contributed by atoms with Crippen LogP contribution in [0.25, 0.3) is 10.8 Å². The van der Waals surface area contributed by atoms with E-state index in [0.717, 1.165) is 10.8 Å². The summed E-state index contributed by atoms with van der Waals surface area (Å²) in [5, 5.41) is 8.90. The van der Waals surface area contributed by atoms with E-state index in [1.54, 1.807) is 18.2 Å². The fourth-order valence-electron chi connectivity index (χ4n) is 2.56. The van der Waals surface area contributed by atoms with Crippen molar-refractivity contribution < 1.29 is 12.9 Å². The summed E-state index contributed by atoms with van der Waals surface area (Å²) in [6.45, 7) is 2.21. The summed E-state index contributed by atoms with van der Waals surface area (Å²) >= 11 is 0. The van der Waals surface area contributed by atoms with Crippen molar-refractivity contribution in [2.24, 2.45) is 0 Å². The second kappa shape index (κ2) is 7.94. The van der Waals surface area contributed by atoms with Crippen LogP contribution in [0.4, 0.5) is 0 Å². The molecular formula is C18H22N4O3S. The molecule has 1 aromatic heterocycles. The number of sulfonamides is 1. The molecule has 2 N–H and O–H groups in total. The molecule has 0 fully saturated rings. The monoisotopic (exact) mass is 374 g/mol. The molecule has 8 heteroatoms. The minimum absolute atomic E-state index is 0.193. The number of aromatic nitrogens is 2. The van der Waals surface area contributed by atoms with Crippen LogP contribution in [0.1, 0.15) is 18.6 Å². The van der Waals surface area contributed by atoms with Gasteiger partial charge in [-0.1, -0.05) is 35.5 Å². The number of benzene rings is 2. The van der Waals surface area contributed by atoms with Gasteiger partial charge in [0.15, 0.2) is 5.82 Å². The average molecular weight is 374 g/mol. The first-order valence-corrected chi connectivity index (χ1v) is 9.93. The fourth-order valence-corrected chi connectivity index (χ4v) is 3.63. The highest BCUT2D eigenvalue weighted by Gasteiger charge is 2.15. The molecule has 26 heavy (non-hydrogen) atoms. The van der Waals surface area contributed by atoms with E-state index in [-0.39, 0.29) is 17.5 Å². The van der Waals surface area contributed by atoms with Crippen molar-refractivity contribution in [1.82, 2.24) is 20.2 Å². The lowest BCUT2D eigenvalue weighted by Crippen LogP contribution is -2.26. The molecule has 1 heterocycles. The van der Waals surface area contributed by atoms with E-state index in [0.29, 0.717) is 24.6 Å². The standard InChI is InChI=1S/C18H22N4O3S/c1-13(19-2)11-17-21-18(25-22-17)9-10-20-26(23,24)16-8-7-14-5-3-4-6-15(14)12-16/h3-8,12-13,19-20H,9-11H2,1-2H3. The van der Waals surface area contributed by atoms with Crippen molar-refractivity contribution >= 4 is 20.8 Å². The Hall–Kier alpha value is -2.29. The van der Waals surface area contributed by atoms with Gasteiger partial charge in [-0.3, -0.25) is 0 Å². The van der Waals surface area contributed by atoms with Gasteiger partial charge in [0.05, 0.1) is 4.90 Å². The largest absolute Gasteiger partial charge is 0.339 e. The van der Waals surface area contributed by atoms with E-state index in [1.807, 2.05) is 38.2 Å². The van der Waals surface area contributed by atoms with E-state index >= 15 is 0 Å². The van der Waals surface area contributed by atoms with E-state index in [9.17, 15) is 8.42 Å². The first kappa shape index (κ1) is 18.5. The Bertz CT molecular complexity index is 985. The number of fused-ring (bicyclic) bond motifs is 1. The third kappa shape index (κ3) is 4.46. The zero-order chi connectivity index (χ0) is 18.6. The third-order valence-electron chi connectivity index (χ3n) is 4.15. The van der Waals surface area contributed by atoms with Gasteiger partial charge in [-0.05, 0) is 36.9 Å². The van der Waals surface area contributed by atoms with E-state index in [2.05, 4.69) is 20.2 Å². The fraction of sp³-hybridized carbons (Fsp3) is 0.333. The van der Waals surface area contributed by atoms with Crippen LogP contribution in [-0.2, 0) is 22.9 Å². The molecule has 0 radical (unpaired) electrons. The second-order valence-corrected chi connectivity index (χ2v) is 7.92. The predicted octanol–water partition coefficient (Wildman–Crippen LogP) is 1.89. The molecule has 0 aliphatic rings. The first-order valence-electron chi connectivity index (χ1n) is 8.45. The molecular weight excluding hydrogens is 352 g/mol. The highest BCUT2D eigenvalue weighted by molar-refractivity contribution is 7.89. The summed E-state index contributed by atoms with van der Waals surface area (Å²) in [5.74, 6) is 1.03. The molecule has 0 aliphatic carbocycles. The third-order valence-corrected chi connectivity index (χ3v) is 5.61. The molecule has 0 saturated carbocycles. The van der Waals surface area contributed by atoms with Gasteiger partial charge in [-0.25, -0.2) is 13.1 Å².